The smallest absolute Gasteiger partial charge is 0.329 e. The molecule has 6 nitrogen and oxygen atoms in total. The molecule has 0 N–H and O–H groups in total. The van der Waals surface area contributed by atoms with E-state index in [1.165, 1.54) is 25.8 Å². The van der Waals surface area contributed by atoms with E-state index in [-0.39, 0.29) is 12.0 Å². The van der Waals surface area contributed by atoms with Gasteiger partial charge in [-0.25, -0.2) is 4.79 Å². The number of esters is 1. The van der Waals surface area contributed by atoms with Gasteiger partial charge in [0.15, 0.2) is 0 Å². The fourth-order valence-corrected chi connectivity index (χ4v) is 2.50. The van der Waals surface area contributed by atoms with E-state index in [0.717, 1.165) is 19.4 Å². The number of anilines is 1. The first-order valence-corrected chi connectivity index (χ1v) is 5.75. The van der Waals surface area contributed by atoms with Crippen molar-refractivity contribution in [1.82, 2.24) is 9.36 Å². The standard InChI is InChI=1S/C9H13N3O3S/c1-14-7(13)6-4-3-5-12(6)9-10-8(15-2)11-16-9/h6H,3-5H2,1-2H3/t6-/m0/s1. The van der Waals surface area contributed by atoms with Crippen molar-refractivity contribution in [3.05, 3.63) is 0 Å². The van der Waals surface area contributed by atoms with Crippen LogP contribution in [-0.2, 0) is 9.53 Å². The molecule has 1 aliphatic heterocycles. The molecule has 1 saturated heterocycles. The predicted molar refractivity (Wildman–Crippen MR) is 58.8 cm³/mol. The second-order valence-electron chi connectivity index (χ2n) is 3.44. The molecule has 1 aromatic heterocycles. The summed E-state index contributed by atoms with van der Waals surface area (Å²) in [6.45, 7) is 0.804. The number of hydrogen-bond donors (Lipinski definition) is 0. The molecule has 0 bridgehead atoms. The Morgan fingerprint density at radius 2 is 2.38 bits per heavy atom. The van der Waals surface area contributed by atoms with E-state index in [2.05, 4.69) is 9.36 Å². The highest BCUT2D eigenvalue weighted by molar-refractivity contribution is 7.09. The Bertz CT molecular complexity index is 382. The predicted octanol–water partition coefficient (Wildman–Crippen LogP) is 0.688. The lowest BCUT2D eigenvalue weighted by molar-refractivity contribution is -0.141. The maximum absolute atomic E-state index is 11.5. The second-order valence-corrected chi connectivity index (χ2v) is 4.17. The lowest BCUT2D eigenvalue weighted by Gasteiger charge is -2.20. The quantitative estimate of drug-likeness (QED) is 0.728. The minimum atomic E-state index is -0.234. The summed E-state index contributed by atoms with van der Waals surface area (Å²) in [7, 11) is 2.92. The number of nitrogens with zero attached hydrogens (tertiary/aromatic N) is 3. The molecule has 1 aromatic rings. The molecule has 0 amide bonds. The van der Waals surface area contributed by atoms with Gasteiger partial charge in [-0.3, -0.25) is 0 Å². The van der Waals surface area contributed by atoms with Crippen LogP contribution in [0, 0.1) is 0 Å². The van der Waals surface area contributed by atoms with Crippen molar-refractivity contribution in [3.63, 3.8) is 0 Å². The van der Waals surface area contributed by atoms with Gasteiger partial charge < -0.3 is 14.4 Å². The van der Waals surface area contributed by atoms with Gasteiger partial charge in [-0.15, -0.1) is 4.37 Å². The van der Waals surface area contributed by atoms with Crippen molar-refractivity contribution in [1.29, 1.82) is 0 Å². The average Bonchev–Trinajstić information content (AvgIpc) is 2.95. The molecular weight excluding hydrogens is 230 g/mol. The topological polar surface area (TPSA) is 64.5 Å². The summed E-state index contributed by atoms with van der Waals surface area (Å²) >= 11 is 1.24. The number of ether oxygens (including phenoxy) is 2. The van der Waals surface area contributed by atoms with E-state index >= 15 is 0 Å². The number of methoxy groups -OCH3 is 2. The molecule has 2 heterocycles. The number of aromatic nitrogens is 2. The summed E-state index contributed by atoms with van der Waals surface area (Å²) in [4.78, 5) is 17.6. The van der Waals surface area contributed by atoms with Gasteiger partial charge in [0.25, 0.3) is 0 Å². The molecule has 2 rings (SSSR count). The number of carbonyl (C=O) groups is 1. The molecule has 0 unspecified atom stereocenters. The number of rotatable bonds is 3. The van der Waals surface area contributed by atoms with Crippen LogP contribution in [-0.4, -0.2) is 42.1 Å². The third-order valence-electron chi connectivity index (χ3n) is 2.55. The van der Waals surface area contributed by atoms with Crippen molar-refractivity contribution >= 4 is 22.6 Å². The molecular formula is C9H13N3O3S. The molecule has 1 aliphatic rings. The largest absolute Gasteiger partial charge is 0.467 e. The van der Waals surface area contributed by atoms with E-state index in [9.17, 15) is 4.79 Å². The minimum Gasteiger partial charge on any atom is -0.467 e. The zero-order valence-corrected chi connectivity index (χ0v) is 9.99. The van der Waals surface area contributed by atoms with Gasteiger partial charge in [0.05, 0.1) is 14.2 Å². The molecule has 0 aliphatic carbocycles. The monoisotopic (exact) mass is 243 g/mol. The van der Waals surface area contributed by atoms with Crippen LogP contribution in [0.5, 0.6) is 6.01 Å². The molecule has 7 heteroatoms. The maximum Gasteiger partial charge on any atom is 0.329 e. The lowest BCUT2D eigenvalue weighted by atomic mass is 10.2. The fourth-order valence-electron chi connectivity index (χ4n) is 1.78. The average molecular weight is 243 g/mol. The van der Waals surface area contributed by atoms with Gasteiger partial charge >= 0.3 is 12.0 Å². The van der Waals surface area contributed by atoms with E-state index in [4.69, 9.17) is 9.47 Å². The van der Waals surface area contributed by atoms with Crippen LogP contribution in [0.15, 0.2) is 0 Å². The first kappa shape index (κ1) is 11.1. The molecule has 0 saturated carbocycles. The fraction of sp³-hybridized carbons (Fsp3) is 0.667. The Morgan fingerprint density at radius 3 is 3.00 bits per heavy atom. The van der Waals surface area contributed by atoms with Gasteiger partial charge in [0, 0.05) is 18.1 Å². The second kappa shape index (κ2) is 4.65. The first-order valence-electron chi connectivity index (χ1n) is 4.98. The van der Waals surface area contributed by atoms with Crippen LogP contribution < -0.4 is 9.64 Å². The summed E-state index contributed by atoms with van der Waals surface area (Å²) in [5.41, 5.74) is 0. The summed E-state index contributed by atoms with van der Waals surface area (Å²) in [5.74, 6) is -0.216. The summed E-state index contributed by atoms with van der Waals surface area (Å²) in [6, 6.07) is 0.109. The van der Waals surface area contributed by atoms with Crippen LogP contribution in [0.2, 0.25) is 0 Å². The molecule has 0 radical (unpaired) electrons. The van der Waals surface area contributed by atoms with E-state index in [0.29, 0.717) is 11.1 Å². The van der Waals surface area contributed by atoms with Crippen LogP contribution >= 0.6 is 11.5 Å². The van der Waals surface area contributed by atoms with Crippen LogP contribution in [0.4, 0.5) is 5.13 Å². The van der Waals surface area contributed by atoms with Gasteiger partial charge in [0.2, 0.25) is 5.13 Å². The summed E-state index contributed by atoms with van der Waals surface area (Å²) in [6.07, 6.45) is 1.76. The minimum absolute atomic E-state index is 0.216. The number of hydrogen-bond acceptors (Lipinski definition) is 7. The van der Waals surface area contributed by atoms with Crippen molar-refractivity contribution in [3.8, 4) is 6.01 Å². The normalized spacial score (nSPS) is 19.9. The molecule has 0 aromatic carbocycles. The first-order chi connectivity index (χ1) is 7.76. The highest BCUT2D eigenvalue weighted by Gasteiger charge is 2.33. The van der Waals surface area contributed by atoms with E-state index in [1.54, 1.807) is 0 Å². The molecule has 0 spiro atoms. The third kappa shape index (κ3) is 1.95. The highest BCUT2D eigenvalue weighted by atomic mass is 32.1. The SMILES string of the molecule is COC(=O)[C@@H]1CCCN1c1nc(OC)ns1. The van der Waals surface area contributed by atoms with Crippen molar-refractivity contribution in [2.24, 2.45) is 0 Å². The number of carbonyl (C=O) groups excluding carboxylic acids is 1. The Morgan fingerprint density at radius 1 is 1.56 bits per heavy atom. The van der Waals surface area contributed by atoms with Gasteiger partial charge in [0.1, 0.15) is 6.04 Å². The van der Waals surface area contributed by atoms with Crippen molar-refractivity contribution < 1.29 is 14.3 Å². The molecule has 16 heavy (non-hydrogen) atoms. The summed E-state index contributed by atoms with van der Waals surface area (Å²) in [5, 5.41) is 0.713. The zero-order valence-electron chi connectivity index (χ0n) is 9.17. The Labute approximate surface area is 97.3 Å². The van der Waals surface area contributed by atoms with Crippen LogP contribution in [0.25, 0.3) is 0 Å². The molecule has 1 fully saturated rings. The van der Waals surface area contributed by atoms with Crippen LogP contribution in [0.1, 0.15) is 12.8 Å². The molecule has 88 valence electrons. The Hall–Kier alpha value is -1.37. The Balaban J connectivity index is 2.16. The lowest BCUT2D eigenvalue weighted by Crippen LogP contribution is -2.36. The maximum atomic E-state index is 11.5. The third-order valence-corrected chi connectivity index (χ3v) is 3.29. The van der Waals surface area contributed by atoms with Gasteiger partial charge in [-0.2, -0.15) is 4.98 Å². The van der Waals surface area contributed by atoms with Crippen molar-refractivity contribution in [2.75, 3.05) is 25.7 Å². The van der Waals surface area contributed by atoms with Gasteiger partial charge in [-0.1, -0.05) is 0 Å². The van der Waals surface area contributed by atoms with E-state index < -0.39 is 0 Å². The zero-order chi connectivity index (χ0) is 11.5. The van der Waals surface area contributed by atoms with Crippen LogP contribution in [0.3, 0.4) is 0 Å². The van der Waals surface area contributed by atoms with Crippen molar-refractivity contribution in [2.45, 2.75) is 18.9 Å². The van der Waals surface area contributed by atoms with E-state index in [1.807, 2.05) is 4.90 Å². The Kier molecular flexibility index (Phi) is 3.23. The summed E-state index contributed by atoms with van der Waals surface area (Å²) < 4.78 is 13.7. The highest BCUT2D eigenvalue weighted by Crippen LogP contribution is 2.29. The van der Waals surface area contributed by atoms with Gasteiger partial charge in [-0.05, 0) is 12.8 Å². The molecule has 1 atom stereocenters.